The van der Waals surface area contributed by atoms with E-state index in [4.69, 9.17) is 0 Å². The number of aliphatic hydroxyl groups excluding tert-OH is 1. The van der Waals surface area contributed by atoms with Gasteiger partial charge in [-0.2, -0.15) is 0 Å². The third-order valence-electron chi connectivity index (χ3n) is 3.59. The molecule has 0 aromatic heterocycles. The van der Waals surface area contributed by atoms with Gasteiger partial charge in [-0.25, -0.2) is 0 Å². The SMILES string of the molecule is CN1CC(C)(C)CN(c2ccccc2)C(=O)C1CO. The molecule has 1 aliphatic heterocycles. The Morgan fingerprint density at radius 2 is 1.89 bits per heavy atom. The first-order valence-corrected chi connectivity index (χ1v) is 6.62. The molecule has 1 aromatic carbocycles. The number of amides is 1. The lowest BCUT2D eigenvalue weighted by Crippen LogP contribution is -2.46. The summed E-state index contributed by atoms with van der Waals surface area (Å²) in [6.07, 6.45) is 0. The fourth-order valence-corrected chi connectivity index (χ4v) is 2.75. The lowest BCUT2D eigenvalue weighted by Gasteiger charge is -2.29. The fraction of sp³-hybridized carbons (Fsp3) is 0.533. The largest absolute Gasteiger partial charge is 0.394 e. The number of nitrogens with zero attached hydrogens (tertiary/aromatic N) is 2. The average Bonchev–Trinajstić information content (AvgIpc) is 2.45. The third-order valence-corrected chi connectivity index (χ3v) is 3.59. The first-order chi connectivity index (χ1) is 8.94. The lowest BCUT2D eigenvalue weighted by atomic mass is 9.92. The number of likely N-dealkylation sites (N-methyl/N-ethyl adjacent to an activating group) is 1. The molecule has 1 atom stereocenters. The molecule has 2 rings (SSSR count). The van der Waals surface area contributed by atoms with Gasteiger partial charge in [0.05, 0.1) is 6.61 Å². The van der Waals surface area contributed by atoms with Crippen LogP contribution in [0.15, 0.2) is 30.3 Å². The number of hydrogen-bond donors (Lipinski definition) is 1. The van der Waals surface area contributed by atoms with Crippen molar-refractivity contribution in [2.24, 2.45) is 5.41 Å². The average molecular weight is 262 g/mol. The van der Waals surface area contributed by atoms with E-state index in [1.165, 1.54) is 0 Å². The molecular formula is C15H22N2O2. The van der Waals surface area contributed by atoms with Crippen LogP contribution in [0.3, 0.4) is 0 Å². The van der Waals surface area contributed by atoms with Crippen LogP contribution in [0.2, 0.25) is 0 Å². The van der Waals surface area contributed by atoms with Gasteiger partial charge in [0.2, 0.25) is 5.91 Å². The van der Waals surface area contributed by atoms with Crippen molar-refractivity contribution in [2.45, 2.75) is 19.9 Å². The molecule has 0 bridgehead atoms. The molecule has 1 unspecified atom stereocenters. The molecule has 19 heavy (non-hydrogen) atoms. The van der Waals surface area contributed by atoms with Gasteiger partial charge in [-0.15, -0.1) is 0 Å². The molecule has 4 nitrogen and oxygen atoms in total. The van der Waals surface area contributed by atoms with E-state index in [-0.39, 0.29) is 17.9 Å². The summed E-state index contributed by atoms with van der Waals surface area (Å²) in [7, 11) is 1.90. The summed E-state index contributed by atoms with van der Waals surface area (Å²) in [6, 6.07) is 9.21. The molecule has 1 saturated heterocycles. The monoisotopic (exact) mass is 262 g/mol. The zero-order valence-corrected chi connectivity index (χ0v) is 11.8. The second kappa shape index (κ2) is 5.31. The van der Waals surface area contributed by atoms with Crippen molar-refractivity contribution in [1.29, 1.82) is 0 Å². The Labute approximate surface area is 114 Å². The summed E-state index contributed by atoms with van der Waals surface area (Å²) in [5.41, 5.74) is 0.888. The smallest absolute Gasteiger partial charge is 0.246 e. The summed E-state index contributed by atoms with van der Waals surface area (Å²) in [6.45, 7) is 5.59. The second-order valence-electron chi connectivity index (χ2n) is 6.04. The summed E-state index contributed by atoms with van der Waals surface area (Å²) in [5, 5.41) is 9.50. The van der Waals surface area contributed by atoms with Crippen molar-refractivity contribution in [3.63, 3.8) is 0 Å². The first-order valence-electron chi connectivity index (χ1n) is 6.62. The number of hydrogen-bond acceptors (Lipinski definition) is 3. The molecule has 1 N–H and O–H groups in total. The summed E-state index contributed by atoms with van der Waals surface area (Å²) in [4.78, 5) is 16.3. The molecule has 1 amide bonds. The van der Waals surface area contributed by atoms with E-state index in [0.717, 1.165) is 12.2 Å². The number of carbonyl (C=O) groups is 1. The van der Waals surface area contributed by atoms with Crippen LogP contribution in [0.5, 0.6) is 0 Å². The Morgan fingerprint density at radius 3 is 2.47 bits per heavy atom. The molecule has 4 heteroatoms. The fourth-order valence-electron chi connectivity index (χ4n) is 2.75. The lowest BCUT2D eigenvalue weighted by molar-refractivity contribution is -0.123. The topological polar surface area (TPSA) is 43.8 Å². The minimum atomic E-state index is -0.456. The summed E-state index contributed by atoms with van der Waals surface area (Å²) >= 11 is 0. The van der Waals surface area contributed by atoms with E-state index in [2.05, 4.69) is 13.8 Å². The van der Waals surface area contributed by atoms with Gasteiger partial charge >= 0.3 is 0 Å². The first kappa shape index (κ1) is 14.0. The van der Waals surface area contributed by atoms with Crippen LogP contribution in [0, 0.1) is 5.41 Å². The molecule has 1 aliphatic rings. The molecular weight excluding hydrogens is 240 g/mol. The van der Waals surface area contributed by atoms with Crippen molar-refractivity contribution >= 4 is 11.6 Å². The molecule has 104 valence electrons. The Morgan fingerprint density at radius 1 is 1.26 bits per heavy atom. The van der Waals surface area contributed by atoms with E-state index in [1.807, 2.05) is 42.3 Å². The number of anilines is 1. The van der Waals surface area contributed by atoms with Crippen LogP contribution in [0.1, 0.15) is 13.8 Å². The van der Waals surface area contributed by atoms with E-state index in [1.54, 1.807) is 4.90 Å². The van der Waals surface area contributed by atoms with Crippen LogP contribution in [0.25, 0.3) is 0 Å². The van der Waals surface area contributed by atoms with E-state index in [0.29, 0.717) is 6.54 Å². The highest BCUT2D eigenvalue weighted by atomic mass is 16.3. The van der Waals surface area contributed by atoms with Crippen molar-refractivity contribution in [3.8, 4) is 0 Å². The Bertz CT molecular complexity index is 445. The van der Waals surface area contributed by atoms with Gasteiger partial charge in [0.15, 0.2) is 0 Å². The molecule has 1 heterocycles. The summed E-state index contributed by atoms with van der Waals surface area (Å²) in [5.74, 6) is -0.0261. The molecule has 0 spiro atoms. The van der Waals surface area contributed by atoms with Gasteiger partial charge in [-0.1, -0.05) is 32.0 Å². The standard InChI is InChI=1S/C15H22N2O2/c1-15(2)10-16(3)13(9-18)14(19)17(11-15)12-7-5-4-6-8-12/h4-8,13,18H,9-11H2,1-3H3. The minimum absolute atomic E-state index is 0.00975. The molecule has 0 saturated carbocycles. The number of carbonyl (C=O) groups excluding carboxylic acids is 1. The number of aliphatic hydroxyl groups is 1. The van der Waals surface area contributed by atoms with E-state index < -0.39 is 6.04 Å². The maximum absolute atomic E-state index is 12.6. The maximum atomic E-state index is 12.6. The van der Waals surface area contributed by atoms with Crippen molar-refractivity contribution in [1.82, 2.24) is 4.90 Å². The van der Waals surface area contributed by atoms with Gasteiger partial charge in [-0.3, -0.25) is 9.69 Å². The normalized spacial score (nSPS) is 24.3. The molecule has 0 radical (unpaired) electrons. The van der Waals surface area contributed by atoms with E-state index >= 15 is 0 Å². The van der Waals surface area contributed by atoms with Gasteiger partial charge in [0.1, 0.15) is 6.04 Å². The van der Waals surface area contributed by atoms with Crippen molar-refractivity contribution in [2.75, 3.05) is 31.6 Å². The molecule has 1 aromatic rings. The van der Waals surface area contributed by atoms with Gasteiger partial charge in [0.25, 0.3) is 0 Å². The highest BCUT2D eigenvalue weighted by Crippen LogP contribution is 2.28. The Hall–Kier alpha value is -1.39. The van der Waals surface area contributed by atoms with Gasteiger partial charge in [0, 0.05) is 18.8 Å². The second-order valence-corrected chi connectivity index (χ2v) is 6.04. The molecule has 1 fully saturated rings. The number of benzene rings is 1. The van der Waals surface area contributed by atoms with Crippen LogP contribution < -0.4 is 4.90 Å². The van der Waals surface area contributed by atoms with Crippen LogP contribution >= 0.6 is 0 Å². The quantitative estimate of drug-likeness (QED) is 0.875. The Balaban J connectivity index is 2.38. The zero-order chi connectivity index (χ0) is 14.0. The maximum Gasteiger partial charge on any atom is 0.246 e. The predicted molar refractivity (Wildman–Crippen MR) is 76.1 cm³/mol. The predicted octanol–water partition coefficient (Wildman–Crippen LogP) is 1.35. The van der Waals surface area contributed by atoms with Crippen LogP contribution in [0.4, 0.5) is 5.69 Å². The third kappa shape index (κ3) is 2.96. The number of para-hydroxylation sites is 1. The number of rotatable bonds is 2. The van der Waals surface area contributed by atoms with Gasteiger partial charge < -0.3 is 10.0 Å². The van der Waals surface area contributed by atoms with Crippen molar-refractivity contribution in [3.05, 3.63) is 30.3 Å². The minimum Gasteiger partial charge on any atom is -0.394 e. The van der Waals surface area contributed by atoms with Crippen LogP contribution in [-0.4, -0.2) is 48.7 Å². The highest BCUT2D eigenvalue weighted by Gasteiger charge is 2.38. The highest BCUT2D eigenvalue weighted by molar-refractivity contribution is 5.97. The zero-order valence-electron chi connectivity index (χ0n) is 11.8. The molecule has 0 aliphatic carbocycles. The van der Waals surface area contributed by atoms with E-state index in [9.17, 15) is 9.90 Å². The van der Waals surface area contributed by atoms with Gasteiger partial charge in [-0.05, 0) is 24.6 Å². The van der Waals surface area contributed by atoms with Crippen LogP contribution in [-0.2, 0) is 4.79 Å². The Kier molecular flexibility index (Phi) is 3.92. The van der Waals surface area contributed by atoms with Crippen molar-refractivity contribution < 1.29 is 9.90 Å². The summed E-state index contributed by atoms with van der Waals surface area (Å²) < 4.78 is 0.